The van der Waals surface area contributed by atoms with Crippen LogP contribution in [0.5, 0.6) is 0 Å². The Morgan fingerprint density at radius 2 is 1.77 bits per heavy atom. The van der Waals surface area contributed by atoms with Crippen LogP contribution in [0.3, 0.4) is 0 Å². The Labute approximate surface area is 129 Å². The molecule has 0 aromatic carbocycles. The van der Waals surface area contributed by atoms with Gasteiger partial charge in [0.1, 0.15) is 30.5 Å². The summed E-state index contributed by atoms with van der Waals surface area (Å²) >= 11 is 0. The number of likely N-dealkylation sites (N-methyl/N-ethyl adjacent to an activating group) is 1. The van der Waals surface area contributed by atoms with E-state index in [1.165, 1.54) is 0 Å². The summed E-state index contributed by atoms with van der Waals surface area (Å²) in [6, 6.07) is 0. The first-order valence-corrected chi connectivity index (χ1v) is 7.66. The van der Waals surface area contributed by atoms with Crippen LogP contribution >= 0.6 is 0 Å². The number of carbonyl (C=O) groups excluding carboxylic acids is 1. The van der Waals surface area contributed by atoms with Crippen molar-refractivity contribution in [1.82, 2.24) is 4.90 Å². The third kappa shape index (κ3) is 3.58. The quantitative estimate of drug-likeness (QED) is 0.509. The maximum atomic E-state index is 12.1. The number of hydrogen-bond acceptors (Lipinski definition) is 7. The van der Waals surface area contributed by atoms with Crippen LogP contribution in [0.15, 0.2) is 0 Å². The zero-order chi connectivity index (χ0) is 16.4. The maximum absolute atomic E-state index is 12.1. The van der Waals surface area contributed by atoms with E-state index in [9.17, 15) is 20.1 Å². The van der Waals surface area contributed by atoms with Crippen LogP contribution < -0.4 is 0 Å². The van der Waals surface area contributed by atoms with Gasteiger partial charge >= 0.3 is 0 Å². The van der Waals surface area contributed by atoms with Gasteiger partial charge in [0.15, 0.2) is 12.4 Å². The molecule has 2 rings (SSSR count). The van der Waals surface area contributed by atoms with Crippen molar-refractivity contribution < 1.29 is 34.3 Å². The minimum absolute atomic E-state index is 0.0168. The fourth-order valence-electron chi connectivity index (χ4n) is 2.67. The summed E-state index contributed by atoms with van der Waals surface area (Å²) in [5.41, 5.74) is 0. The standard InChI is InChI=1S/C14H25NO7/c1-4-15(5-2)14(19)13-12(22-13)10(18)9(17)11-8(16)6-20-7(3)21-11/h7-13,16-18H,4-6H2,1-3H3/t7-,8-,9-,10-,11-,12+,13-/m1/s1. The molecule has 2 aliphatic heterocycles. The molecule has 0 radical (unpaired) electrons. The minimum Gasteiger partial charge on any atom is -0.388 e. The maximum Gasteiger partial charge on any atom is 0.254 e. The van der Waals surface area contributed by atoms with Gasteiger partial charge in [-0.15, -0.1) is 0 Å². The molecule has 2 heterocycles. The van der Waals surface area contributed by atoms with E-state index in [0.717, 1.165) is 0 Å². The lowest BCUT2D eigenvalue weighted by atomic mass is 9.98. The average molecular weight is 319 g/mol. The van der Waals surface area contributed by atoms with Gasteiger partial charge in [-0.05, 0) is 20.8 Å². The van der Waals surface area contributed by atoms with Crippen molar-refractivity contribution in [2.45, 2.75) is 63.7 Å². The van der Waals surface area contributed by atoms with Crippen molar-refractivity contribution in [3.05, 3.63) is 0 Å². The van der Waals surface area contributed by atoms with Gasteiger partial charge in [-0.1, -0.05) is 0 Å². The molecule has 0 aromatic heterocycles. The lowest BCUT2D eigenvalue weighted by molar-refractivity contribution is -0.272. The van der Waals surface area contributed by atoms with E-state index in [-0.39, 0.29) is 12.5 Å². The van der Waals surface area contributed by atoms with Crippen molar-refractivity contribution in [3.8, 4) is 0 Å². The molecule has 0 spiro atoms. The molecular weight excluding hydrogens is 294 g/mol. The third-order valence-corrected chi connectivity index (χ3v) is 4.10. The predicted octanol–water partition coefficient (Wildman–Crippen LogP) is -1.53. The number of epoxide rings is 1. The average Bonchev–Trinajstić information content (AvgIpc) is 3.30. The van der Waals surface area contributed by atoms with Crippen molar-refractivity contribution in [2.24, 2.45) is 0 Å². The van der Waals surface area contributed by atoms with Gasteiger partial charge in [-0.2, -0.15) is 0 Å². The van der Waals surface area contributed by atoms with Gasteiger partial charge in [0.25, 0.3) is 5.91 Å². The van der Waals surface area contributed by atoms with Gasteiger partial charge in [-0.25, -0.2) is 0 Å². The van der Waals surface area contributed by atoms with Crippen LogP contribution in [-0.2, 0) is 19.0 Å². The van der Waals surface area contributed by atoms with Crippen LogP contribution in [0.25, 0.3) is 0 Å². The Balaban J connectivity index is 1.92. The van der Waals surface area contributed by atoms with E-state index in [1.807, 2.05) is 13.8 Å². The second-order valence-electron chi connectivity index (χ2n) is 5.58. The van der Waals surface area contributed by atoms with Crippen LogP contribution in [0, 0.1) is 0 Å². The molecule has 2 saturated heterocycles. The van der Waals surface area contributed by atoms with E-state index in [1.54, 1.807) is 11.8 Å². The number of nitrogens with zero attached hydrogens (tertiary/aromatic N) is 1. The van der Waals surface area contributed by atoms with Crippen LogP contribution in [-0.4, -0.2) is 88.7 Å². The van der Waals surface area contributed by atoms with Crippen LogP contribution in [0.2, 0.25) is 0 Å². The molecule has 0 unspecified atom stereocenters. The summed E-state index contributed by atoms with van der Waals surface area (Å²) in [5, 5.41) is 30.2. The molecule has 8 nitrogen and oxygen atoms in total. The molecule has 2 aliphatic rings. The molecule has 0 saturated carbocycles. The molecule has 8 heteroatoms. The molecule has 0 bridgehead atoms. The highest BCUT2D eigenvalue weighted by molar-refractivity contribution is 5.83. The second-order valence-corrected chi connectivity index (χ2v) is 5.58. The predicted molar refractivity (Wildman–Crippen MR) is 74.9 cm³/mol. The van der Waals surface area contributed by atoms with Crippen LogP contribution in [0.1, 0.15) is 20.8 Å². The lowest BCUT2D eigenvalue weighted by Crippen LogP contribution is -2.54. The van der Waals surface area contributed by atoms with Gasteiger partial charge in [0.2, 0.25) is 0 Å². The van der Waals surface area contributed by atoms with Gasteiger partial charge in [-0.3, -0.25) is 4.79 Å². The number of amides is 1. The molecular formula is C14H25NO7. The van der Waals surface area contributed by atoms with Crippen molar-refractivity contribution in [1.29, 1.82) is 0 Å². The summed E-state index contributed by atoms with van der Waals surface area (Å²) in [5.74, 6) is -0.205. The zero-order valence-corrected chi connectivity index (χ0v) is 13.1. The molecule has 1 amide bonds. The highest BCUT2D eigenvalue weighted by Crippen LogP contribution is 2.31. The highest BCUT2D eigenvalue weighted by atomic mass is 16.7. The summed E-state index contributed by atoms with van der Waals surface area (Å²) in [4.78, 5) is 13.7. The lowest BCUT2D eigenvalue weighted by Gasteiger charge is -2.36. The number of hydrogen-bond donors (Lipinski definition) is 3. The zero-order valence-electron chi connectivity index (χ0n) is 13.1. The van der Waals surface area contributed by atoms with E-state index < -0.39 is 42.9 Å². The van der Waals surface area contributed by atoms with Crippen LogP contribution in [0.4, 0.5) is 0 Å². The molecule has 2 fully saturated rings. The van der Waals surface area contributed by atoms with Crippen molar-refractivity contribution >= 4 is 5.91 Å². The summed E-state index contributed by atoms with van der Waals surface area (Å²) in [7, 11) is 0. The first-order valence-electron chi connectivity index (χ1n) is 7.66. The normalized spacial score (nSPS) is 37.5. The summed E-state index contributed by atoms with van der Waals surface area (Å²) in [6.07, 6.45) is -6.81. The first kappa shape index (κ1) is 17.6. The largest absolute Gasteiger partial charge is 0.388 e. The summed E-state index contributed by atoms with van der Waals surface area (Å²) in [6.45, 7) is 6.48. The first-order chi connectivity index (χ1) is 10.4. The molecule has 3 N–H and O–H groups in total. The Morgan fingerprint density at radius 3 is 2.36 bits per heavy atom. The van der Waals surface area contributed by atoms with Crippen molar-refractivity contribution in [3.63, 3.8) is 0 Å². The highest BCUT2D eigenvalue weighted by Gasteiger charge is 2.54. The number of aliphatic hydroxyl groups is 3. The molecule has 0 aliphatic carbocycles. The van der Waals surface area contributed by atoms with E-state index in [4.69, 9.17) is 14.2 Å². The van der Waals surface area contributed by atoms with Gasteiger partial charge < -0.3 is 34.4 Å². The molecule has 22 heavy (non-hydrogen) atoms. The molecule has 7 atom stereocenters. The van der Waals surface area contributed by atoms with E-state index >= 15 is 0 Å². The Morgan fingerprint density at radius 1 is 1.18 bits per heavy atom. The number of carbonyl (C=O) groups is 1. The molecule has 0 aromatic rings. The Hall–Kier alpha value is -0.770. The number of rotatable bonds is 6. The van der Waals surface area contributed by atoms with Gasteiger partial charge in [0, 0.05) is 13.1 Å². The van der Waals surface area contributed by atoms with Gasteiger partial charge in [0.05, 0.1) is 6.61 Å². The second kappa shape index (κ2) is 7.20. The smallest absolute Gasteiger partial charge is 0.254 e. The Kier molecular flexibility index (Phi) is 5.76. The summed E-state index contributed by atoms with van der Waals surface area (Å²) < 4.78 is 15.6. The van der Waals surface area contributed by atoms with E-state index in [0.29, 0.717) is 13.1 Å². The Bertz CT molecular complexity index is 389. The fourth-order valence-corrected chi connectivity index (χ4v) is 2.67. The van der Waals surface area contributed by atoms with E-state index in [2.05, 4.69) is 0 Å². The SMILES string of the molecule is CCN(CC)C(=O)[C@@H]1O[C@H]1[C@H](O)[C@@H](O)[C@@H]1O[C@H](C)OC[C@H]1O. The third-order valence-electron chi connectivity index (χ3n) is 4.10. The van der Waals surface area contributed by atoms with Crippen molar-refractivity contribution in [2.75, 3.05) is 19.7 Å². The fraction of sp³-hybridized carbons (Fsp3) is 0.929. The topological polar surface area (TPSA) is 112 Å². The minimum atomic E-state index is -1.36. The number of aliphatic hydroxyl groups excluding tert-OH is 3. The number of ether oxygens (including phenoxy) is 3. The molecule has 128 valence electrons. The monoisotopic (exact) mass is 319 g/mol.